The molecular weight excluding hydrogens is 162 g/mol. The average molecular weight is 181 g/mol. The molecule has 74 valence electrons. The Bertz CT molecular complexity index is 202. The summed E-state index contributed by atoms with van der Waals surface area (Å²) in [6.45, 7) is 4.29. The Morgan fingerprint density at radius 3 is 3.08 bits per heavy atom. The highest BCUT2D eigenvalue weighted by atomic mass is 16.5. The zero-order valence-corrected chi connectivity index (χ0v) is 8.44. The van der Waals surface area contributed by atoms with Crippen LogP contribution in [0.15, 0.2) is 11.8 Å². The molecule has 2 heteroatoms. The lowest BCUT2D eigenvalue weighted by Crippen LogP contribution is -2.43. The molecule has 0 spiro atoms. The first-order valence-electron chi connectivity index (χ1n) is 5.40. The second kappa shape index (κ2) is 3.70. The molecule has 2 heterocycles. The Labute approximate surface area is 80.4 Å². The second-order valence-corrected chi connectivity index (χ2v) is 4.28. The van der Waals surface area contributed by atoms with E-state index < -0.39 is 0 Å². The Hall–Kier alpha value is -0.500. The quantitative estimate of drug-likeness (QED) is 0.669. The first kappa shape index (κ1) is 9.07. The van der Waals surface area contributed by atoms with Gasteiger partial charge in [0.05, 0.1) is 12.1 Å². The number of ether oxygens (including phenoxy) is 1. The van der Waals surface area contributed by atoms with Gasteiger partial charge >= 0.3 is 0 Å². The van der Waals surface area contributed by atoms with Gasteiger partial charge in [-0.3, -0.25) is 0 Å². The number of nitrogens with one attached hydrogen (secondary N) is 1. The fourth-order valence-electron chi connectivity index (χ4n) is 2.25. The lowest BCUT2D eigenvalue weighted by Gasteiger charge is -2.30. The molecular formula is C11H19NO. The molecule has 1 fully saturated rings. The summed E-state index contributed by atoms with van der Waals surface area (Å²) in [4.78, 5) is 0. The summed E-state index contributed by atoms with van der Waals surface area (Å²) in [6.07, 6.45) is 8.55. The first-order valence-corrected chi connectivity index (χ1v) is 5.40. The van der Waals surface area contributed by atoms with E-state index in [1.165, 1.54) is 31.4 Å². The lowest BCUT2D eigenvalue weighted by atomic mass is 9.93. The van der Waals surface area contributed by atoms with Crippen molar-refractivity contribution in [2.75, 3.05) is 13.2 Å². The first-order chi connectivity index (χ1) is 6.31. The monoisotopic (exact) mass is 181 g/mol. The third-order valence-electron chi connectivity index (χ3n) is 3.12. The molecule has 0 radical (unpaired) electrons. The minimum atomic E-state index is 0.132. The molecule has 2 rings (SSSR count). The van der Waals surface area contributed by atoms with Gasteiger partial charge < -0.3 is 10.1 Å². The molecule has 1 N–H and O–H groups in total. The molecule has 0 aromatic rings. The van der Waals surface area contributed by atoms with Crippen molar-refractivity contribution in [1.29, 1.82) is 0 Å². The second-order valence-electron chi connectivity index (χ2n) is 4.28. The van der Waals surface area contributed by atoms with Crippen LogP contribution in [0.3, 0.4) is 0 Å². The minimum Gasteiger partial charge on any atom is -0.496 e. The van der Waals surface area contributed by atoms with Crippen LogP contribution in [0.4, 0.5) is 0 Å². The maximum Gasteiger partial charge on any atom is 0.112 e. The van der Waals surface area contributed by atoms with Crippen molar-refractivity contribution in [2.45, 2.75) is 44.6 Å². The molecule has 1 unspecified atom stereocenters. The van der Waals surface area contributed by atoms with Crippen LogP contribution in [0.25, 0.3) is 0 Å². The van der Waals surface area contributed by atoms with Crippen LogP contribution >= 0.6 is 0 Å². The zero-order valence-electron chi connectivity index (χ0n) is 8.44. The average Bonchev–Trinajstić information content (AvgIpc) is 2.57. The highest BCUT2D eigenvalue weighted by Crippen LogP contribution is 2.29. The van der Waals surface area contributed by atoms with Crippen molar-refractivity contribution in [3.63, 3.8) is 0 Å². The number of hydrogen-bond donors (Lipinski definition) is 1. The van der Waals surface area contributed by atoms with Gasteiger partial charge in [-0.1, -0.05) is 12.8 Å². The predicted octanol–water partition coefficient (Wildman–Crippen LogP) is 2.21. The lowest BCUT2D eigenvalue weighted by molar-refractivity contribution is 0.176. The summed E-state index contributed by atoms with van der Waals surface area (Å²) in [5.41, 5.74) is 0.132. The maximum atomic E-state index is 5.65. The number of hydrogen-bond acceptors (Lipinski definition) is 2. The third-order valence-corrected chi connectivity index (χ3v) is 3.12. The highest BCUT2D eigenvalue weighted by Gasteiger charge is 2.32. The summed E-state index contributed by atoms with van der Waals surface area (Å²) >= 11 is 0. The van der Waals surface area contributed by atoms with Gasteiger partial charge in [0.15, 0.2) is 0 Å². The van der Waals surface area contributed by atoms with E-state index in [4.69, 9.17) is 4.74 Å². The molecule has 13 heavy (non-hydrogen) atoms. The van der Waals surface area contributed by atoms with Crippen molar-refractivity contribution >= 4 is 0 Å². The molecule has 0 bridgehead atoms. The molecule has 1 atom stereocenters. The Balaban J connectivity index is 2.07. The van der Waals surface area contributed by atoms with E-state index in [9.17, 15) is 0 Å². The largest absolute Gasteiger partial charge is 0.496 e. The normalized spacial score (nSPS) is 35.0. The summed E-state index contributed by atoms with van der Waals surface area (Å²) in [7, 11) is 0. The van der Waals surface area contributed by atoms with Crippen LogP contribution < -0.4 is 5.32 Å². The van der Waals surface area contributed by atoms with Gasteiger partial charge in [0.1, 0.15) is 5.76 Å². The zero-order chi connectivity index (χ0) is 9.15. The van der Waals surface area contributed by atoms with E-state index in [1.54, 1.807) is 0 Å². The SMILES string of the molecule is CC1(C2=CCCO2)CCCCCN1. The van der Waals surface area contributed by atoms with Gasteiger partial charge in [-0.2, -0.15) is 0 Å². The smallest absolute Gasteiger partial charge is 0.112 e. The van der Waals surface area contributed by atoms with Crippen LogP contribution in [0.5, 0.6) is 0 Å². The predicted molar refractivity (Wildman–Crippen MR) is 53.5 cm³/mol. The minimum absolute atomic E-state index is 0.132. The molecule has 0 aromatic heterocycles. The summed E-state index contributed by atoms with van der Waals surface area (Å²) in [5.74, 6) is 1.19. The molecule has 0 amide bonds. The van der Waals surface area contributed by atoms with Gasteiger partial charge in [0, 0.05) is 6.42 Å². The van der Waals surface area contributed by atoms with Crippen LogP contribution in [-0.2, 0) is 4.74 Å². The molecule has 0 aliphatic carbocycles. The van der Waals surface area contributed by atoms with E-state index in [0.717, 1.165) is 19.6 Å². The molecule has 0 aromatic carbocycles. The fourth-order valence-corrected chi connectivity index (χ4v) is 2.25. The molecule has 2 nitrogen and oxygen atoms in total. The Kier molecular flexibility index (Phi) is 2.58. The van der Waals surface area contributed by atoms with Crippen molar-refractivity contribution in [3.8, 4) is 0 Å². The summed E-state index contributed by atoms with van der Waals surface area (Å²) in [6, 6.07) is 0. The van der Waals surface area contributed by atoms with Crippen LogP contribution in [0.2, 0.25) is 0 Å². The van der Waals surface area contributed by atoms with E-state index in [-0.39, 0.29) is 5.54 Å². The molecule has 2 aliphatic rings. The Morgan fingerprint density at radius 1 is 1.38 bits per heavy atom. The van der Waals surface area contributed by atoms with Gasteiger partial charge in [0.2, 0.25) is 0 Å². The van der Waals surface area contributed by atoms with Gasteiger partial charge in [0.25, 0.3) is 0 Å². The van der Waals surface area contributed by atoms with E-state index in [1.807, 2.05) is 0 Å². The molecule has 0 saturated carbocycles. The van der Waals surface area contributed by atoms with Crippen molar-refractivity contribution < 1.29 is 4.74 Å². The van der Waals surface area contributed by atoms with Crippen LogP contribution in [-0.4, -0.2) is 18.7 Å². The summed E-state index contributed by atoms with van der Waals surface area (Å²) in [5, 5.41) is 3.61. The van der Waals surface area contributed by atoms with E-state index in [0.29, 0.717) is 0 Å². The van der Waals surface area contributed by atoms with Crippen molar-refractivity contribution in [2.24, 2.45) is 0 Å². The fraction of sp³-hybridized carbons (Fsp3) is 0.818. The molecule has 2 aliphatic heterocycles. The van der Waals surface area contributed by atoms with Crippen molar-refractivity contribution in [3.05, 3.63) is 11.8 Å². The van der Waals surface area contributed by atoms with Crippen molar-refractivity contribution in [1.82, 2.24) is 5.32 Å². The highest BCUT2D eigenvalue weighted by molar-refractivity contribution is 5.15. The summed E-state index contributed by atoms with van der Waals surface area (Å²) < 4.78 is 5.65. The third kappa shape index (κ3) is 1.88. The molecule has 1 saturated heterocycles. The van der Waals surface area contributed by atoms with Gasteiger partial charge in [-0.05, 0) is 32.4 Å². The number of rotatable bonds is 1. The topological polar surface area (TPSA) is 21.3 Å². The van der Waals surface area contributed by atoms with Crippen LogP contribution in [0, 0.1) is 0 Å². The standard InChI is InChI=1S/C11H19NO/c1-11(10-6-5-9-13-10)7-3-2-4-8-12-11/h6,12H,2-5,7-9H2,1H3. The van der Waals surface area contributed by atoms with E-state index in [2.05, 4.69) is 18.3 Å². The van der Waals surface area contributed by atoms with Crippen LogP contribution in [0.1, 0.15) is 39.0 Å². The van der Waals surface area contributed by atoms with E-state index >= 15 is 0 Å². The maximum absolute atomic E-state index is 5.65. The van der Waals surface area contributed by atoms with Gasteiger partial charge in [-0.15, -0.1) is 0 Å². The Morgan fingerprint density at radius 2 is 2.31 bits per heavy atom. The van der Waals surface area contributed by atoms with Gasteiger partial charge in [-0.25, -0.2) is 0 Å².